The maximum atomic E-state index is 13.5. The first-order chi connectivity index (χ1) is 16.8. The second-order valence-corrected chi connectivity index (χ2v) is 8.73. The number of nitrogens with zero attached hydrogens (tertiary/aromatic N) is 6. The lowest BCUT2D eigenvalue weighted by Crippen LogP contribution is -2.10. The molecule has 0 aliphatic heterocycles. The number of carboxylic acid groups (broad SMARTS) is 1. The number of hydrogen-bond donors (Lipinski definition) is 3. The molecule has 1 amide bonds. The molecular formula is C24H25FN8O2. The fraction of sp³-hybridized carbons (Fsp3) is 0.292. The standard InChI is InChI=1S/C24H25FN8O2/c1-13-21(17-6-8-18(25)9-7-17)31-32(11-16-4-5-16)23(13)28-19-10-20(27-12-26-19)33-15(3)22(14(2)30-33)29-24(34)35/h6-10,12,16,29H,4-5,11H2,1-3H3,(H,34,35)(H,26,27,28). The van der Waals surface area contributed by atoms with Gasteiger partial charge in [-0.3, -0.25) is 5.32 Å². The molecule has 5 rings (SSSR count). The van der Waals surface area contributed by atoms with Gasteiger partial charge >= 0.3 is 6.09 Å². The summed E-state index contributed by atoms with van der Waals surface area (Å²) in [6.45, 7) is 6.25. The van der Waals surface area contributed by atoms with Crippen LogP contribution < -0.4 is 10.6 Å². The summed E-state index contributed by atoms with van der Waals surface area (Å²) in [5.74, 6) is 2.14. The van der Waals surface area contributed by atoms with Crippen molar-refractivity contribution in [1.82, 2.24) is 29.5 Å². The van der Waals surface area contributed by atoms with Gasteiger partial charge in [-0.15, -0.1) is 0 Å². The van der Waals surface area contributed by atoms with Gasteiger partial charge in [0.15, 0.2) is 5.82 Å². The Kier molecular flexibility index (Phi) is 5.67. The van der Waals surface area contributed by atoms with E-state index in [9.17, 15) is 9.18 Å². The van der Waals surface area contributed by atoms with E-state index < -0.39 is 6.09 Å². The molecule has 10 nitrogen and oxygen atoms in total. The molecule has 0 unspecified atom stereocenters. The number of nitrogens with one attached hydrogen (secondary N) is 2. The Bertz CT molecular complexity index is 1410. The third-order valence-corrected chi connectivity index (χ3v) is 6.07. The van der Waals surface area contributed by atoms with Crippen molar-refractivity contribution >= 4 is 23.4 Å². The van der Waals surface area contributed by atoms with Crippen LogP contribution in [0, 0.1) is 32.5 Å². The summed E-state index contributed by atoms with van der Waals surface area (Å²) in [5.41, 5.74) is 4.13. The van der Waals surface area contributed by atoms with Crippen LogP contribution in [0.1, 0.15) is 29.8 Å². The average Bonchev–Trinajstić information content (AvgIpc) is 3.55. The van der Waals surface area contributed by atoms with Crippen LogP contribution in [0.3, 0.4) is 0 Å². The van der Waals surface area contributed by atoms with Crippen LogP contribution in [-0.4, -0.2) is 40.7 Å². The quantitative estimate of drug-likeness (QED) is 0.349. The van der Waals surface area contributed by atoms with Crippen LogP contribution in [0.15, 0.2) is 36.7 Å². The van der Waals surface area contributed by atoms with E-state index in [1.165, 1.54) is 31.3 Å². The second kappa shape index (κ2) is 8.82. The van der Waals surface area contributed by atoms with E-state index >= 15 is 0 Å². The Morgan fingerprint density at radius 3 is 2.57 bits per heavy atom. The molecule has 3 heterocycles. The zero-order chi connectivity index (χ0) is 24.7. The molecule has 0 saturated heterocycles. The predicted octanol–water partition coefficient (Wildman–Crippen LogP) is 4.83. The van der Waals surface area contributed by atoms with Crippen LogP contribution >= 0.6 is 0 Å². The lowest BCUT2D eigenvalue weighted by atomic mass is 10.1. The zero-order valence-corrected chi connectivity index (χ0v) is 19.6. The van der Waals surface area contributed by atoms with Crippen LogP contribution in [0.4, 0.5) is 26.5 Å². The van der Waals surface area contributed by atoms with Crippen molar-refractivity contribution in [2.24, 2.45) is 5.92 Å². The summed E-state index contributed by atoms with van der Waals surface area (Å²) in [4.78, 5) is 19.8. The Morgan fingerprint density at radius 1 is 1.14 bits per heavy atom. The molecule has 4 aromatic rings. The molecule has 1 fully saturated rings. The van der Waals surface area contributed by atoms with Crippen LogP contribution in [0.5, 0.6) is 0 Å². The van der Waals surface area contributed by atoms with Gasteiger partial charge in [0, 0.05) is 23.7 Å². The molecule has 3 aromatic heterocycles. The molecule has 0 radical (unpaired) electrons. The minimum atomic E-state index is -1.16. The van der Waals surface area contributed by atoms with Crippen molar-refractivity contribution in [2.75, 3.05) is 10.6 Å². The Labute approximate surface area is 200 Å². The molecule has 0 spiro atoms. The summed E-state index contributed by atoms with van der Waals surface area (Å²) in [6.07, 6.45) is 2.62. The van der Waals surface area contributed by atoms with E-state index in [2.05, 4.69) is 25.7 Å². The van der Waals surface area contributed by atoms with Crippen molar-refractivity contribution in [1.29, 1.82) is 0 Å². The summed E-state index contributed by atoms with van der Waals surface area (Å²) in [7, 11) is 0. The fourth-order valence-corrected chi connectivity index (χ4v) is 4.07. The second-order valence-electron chi connectivity index (χ2n) is 8.73. The van der Waals surface area contributed by atoms with Crippen molar-refractivity contribution in [2.45, 2.75) is 40.2 Å². The van der Waals surface area contributed by atoms with E-state index in [-0.39, 0.29) is 5.82 Å². The molecule has 180 valence electrons. The number of benzene rings is 1. The minimum Gasteiger partial charge on any atom is -0.465 e. The largest absolute Gasteiger partial charge is 0.465 e. The maximum absolute atomic E-state index is 13.5. The molecule has 1 aliphatic carbocycles. The lowest BCUT2D eigenvalue weighted by Gasteiger charge is -2.11. The number of aryl methyl sites for hydroxylation is 1. The first kappa shape index (κ1) is 22.5. The van der Waals surface area contributed by atoms with Crippen LogP contribution in [0.25, 0.3) is 17.1 Å². The highest BCUT2D eigenvalue weighted by Crippen LogP contribution is 2.35. The number of hydrogen-bond acceptors (Lipinski definition) is 6. The van der Waals surface area contributed by atoms with E-state index in [0.29, 0.717) is 34.6 Å². The number of halogens is 1. The minimum absolute atomic E-state index is 0.290. The predicted molar refractivity (Wildman–Crippen MR) is 129 cm³/mol. The smallest absolute Gasteiger partial charge is 0.409 e. The lowest BCUT2D eigenvalue weighted by molar-refractivity contribution is 0.209. The maximum Gasteiger partial charge on any atom is 0.409 e. The summed E-state index contributed by atoms with van der Waals surface area (Å²) < 4.78 is 17.0. The molecule has 1 aliphatic rings. The first-order valence-corrected chi connectivity index (χ1v) is 11.3. The Morgan fingerprint density at radius 2 is 1.89 bits per heavy atom. The van der Waals surface area contributed by atoms with Crippen molar-refractivity contribution in [3.05, 3.63) is 59.4 Å². The Hall–Kier alpha value is -4.28. The zero-order valence-electron chi connectivity index (χ0n) is 19.6. The van der Waals surface area contributed by atoms with Crippen LogP contribution in [0.2, 0.25) is 0 Å². The van der Waals surface area contributed by atoms with Crippen molar-refractivity contribution in [3.63, 3.8) is 0 Å². The number of carbonyl (C=O) groups is 1. The summed E-state index contributed by atoms with van der Waals surface area (Å²) in [5, 5.41) is 24.1. The van der Waals surface area contributed by atoms with Gasteiger partial charge in [0.25, 0.3) is 0 Å². The number of rotatable bonds is 7. The van der Waals surface area contributed by atoms with Crippen molar-refractivity contribution in [3.8, 4) is 17.1 Å². The van der Waals surface area contributed by atoms with Gasteiger partial charge in [-0.2, -0.15) is 10.2 Å². The topological polar surface area (TPSA) is 123 Å². The fourth-order valence-electron chi connectivity index (χ4n) is 4.07. The monoisotopic (exact) mass is 476 g/mol. The van der Waals surface area contributed by atoms with E-state index in [1.54, 1.807) is 36.7 Å². The summed E-state index contributed by atoms with van der Waals surface area (Å²) >= 11 is 0. The molecule has 3 N–H and O–H groups in total. The van der Waals surface area contributed by atoms with E-state index in [4.69, 9.17) is 10.2 Å². The van der Waals surface area contributed by atoms with Gasteiger partial charge < -0.3 is 10.4 Å². The highest BCUT2D eigenvalue weighted by molar-refractivity contribution is 5.84. The van der Waals surface area contributed by atoms with Gasteiger partial charge in [-0.05, 0) is 63.8 Å². The Balaban J connectivity index is 1.49. The third-order valence-electron chi connectivity index (χ3n) is 6.07. The van der Waals surface area contributed by atoms with Crippen LogP contribution in [-0.2, 0) is 6.54 Å². The first-order valence-electron chi connectivity index (χ1n) is 11.3. The number of amides is 1. The van der Waals surface area contributed by atoms with E-state index in [1.807, 2.05) is 11.6 Å². The molecule has 11 heteroatoms. The molecule has 0 bridgehead atoms. The third kappa shape index (κ3) is 4.57. The molecule has 35 heavy (non-hydrogen) atoms. The van der Waals surface area contributed by atoms with Gasteiger partial charge in [0.05, 0.1) is 22.8 Å². The van der Waals surface area contributed by atoms with Gasteiger partial charge in [0.2, 0.25) is 0 Å². The molecule has 1 saturated carbocycles. The van der Waals surface area contributed by atoms with Gasteiger partial charge in [-0.1, -0.05) is 0 Å². The molecule has 0 atom stereocenters. The van der Waals surface area contributed by atoms with E-state index in [0.717, 1.165) is 29.2 Å². The van der Waals surface area contributed by atoms with Gasteiger partial charge in [-0.25, -0.2) is 28.5 Å². The SMILES string of the molecule is Cc1nn(-c2cc(Nc3c(C)c(-c4ccc(F)cc4)nn3CC3CC3)ncn2)c(C)c1NC(=O)O. The van der Waals surface area contributed by atoms with Gasteiger partial charge in [0.1, 0.15) is 23.8 Å². The normalized spacial score (nSPS) is 13.1. The van der Waals surface area contributed by atoms with Crippen molar-refractivity contribution < 1.29 is 14.3 Å². The highest BCUT2D eigenvalue weighted by atomic mass is 19.1. The molecular weight excluding hydrogens is 451 g/mol. The summed E-state index contributed by atoms with van der Waals surface area (Å²) in [6, 6.07) is 8.06. The number of aromatic nitrogens is 6. The molecule has 1 aromatic carbocycles. The average molecular weight is 477 g/mol. The number of anilines is 3. The highest BCUT2D eigenvalue weighted by Gasteiger charge is 2.26.